The molecule has 2 heterocycles. The molecule has 0 bridgehead atoms. The van der Waals surface area contributed by atoms with Crippen molar-refractivity contribution in [3.05, 3.63) is 45.8 Å². The van der Waals surface area contributed by atoms with Gasteiger partial charge in [0.05, 0.1) is 17.2 Å². The number of anilines is 2. The van der Waals surface area contributed by atoms with Gasteiger partial charge in [-0.2, -0.15) is 0 Å². The number of halogens is 2. The zero-order chi connectivity index (χ0) is 18.1. The second-order valence-corrected chi connectivity index (χ2v) is 6.05. The van der Waals surface area contributed by atoms with Crippen molar-refractivity contribution in [2.45, 2.75) is 17.5 Å². The van der Waals surface area contributed by atoms with Gasteiger partial charge in [0.1, 0.15) is 17.5 Å². The van der Waals surface area contributed by atoms with E-state index in [1.54, 1.807) is 6.26 Å². The monoisotopic (exact) mass is 366 g/mol. The molecule has 0 saturated heterocycles. The van der Waals surface area contributed by atoms with E-state index in [0.717, 1.165) is 12.1 Å². The number of benzene rings is 1. The van der Waals surface area contributed by atoms with Crippen LogP contribution in [0.4, 0.5) is 20.3 Å². The summed E-state index contributed by atoms with van der Waals surface area (Å²) in [6.07, 6.45) is 1.40. The number of carbonyl (C=O) groups is 2. The van der Waals surface area contributed by atoms with Crippen LogP contribution in [0.3, 0.4) is 0 Å². The summed E-state index contributed by atoms with van der Waals surface area (Å²) in [5, 5.41) is 5.02. The number of aromatic amines is 1. The maximum Gasteiger partial charge on any atom is 0.257 e. The molecule has 1 aromatic heterocycles. The van der Waals surface area contributed by atoms with Crippen molar-refractivity contribution in [2.75, 3.05) is 16.9 Å². The van der Waals surface area contributed by atoms with E-state index in [1.165, 1.54) is 11.8 Å². The zero-order valence-electron chi connectivity index (χ0n) is 12.9. The van der Waals surface area contributed by atoms with Crippen LogP contribution in [0.1, 0.15) is 17.9 Å². The molecule has 3 N–H and O–H groups in total. The fraction of sp³-hybridized carbons (Fsp3) is 0.200. The Labute approximate surface area is 144 Å². The van der Waals surface area contributed by atoms with Crippen molar-refractivity contribution in [1.29, 1.82) is 0 Å². The van der Waals surface area contributed by atoms with Crippen molar-refractivity contribution in [2.24, 2.45) is 0 Å². The van der Waals surface area contributed by atoms with Gasteiger partial charge in [-0.3, -0.25) is 14.4 Å². The van der Waals surface area contributed by atoms with E-state index in [1.807, 2.05) is 0 Å². The molecule has 1 aliphatic rings. The average Bonchev–Trinajstić information content (AvgIpc) is 2.55. The van der Waals surface area contributed by atoms with Gasteiger partial charge in [-0.1, -0.05) is 11.8 Å². The highest BCUT2D eigenvalue weighted by Gasteiger charge is 2.35. The molecule has 0 fully saturated rings. The molecule has 0 radical (unpaired) electrons. The summed E-state index contributed by atoms with van der Waals surface area (Å²) in [6, 6.07) is 2.67. The topological polar surface area (TPSA) is 104 Å². The quantitative estimate of drug-likeness (QED) is 0.568. The number of amides is 2. The summed E-state index contributed by atoms with van der Waals surface area (Å²) >= 11 is 1.17. The first-order chi connectivity index (χ1) is 11.9. The molecule has 0 aliphatic carbocycles. The van der Waals surface area contributed by atoms with Gasteiger partial charge < -0.3 is 15.6 Å². The number of H-pyrrole nitrogens is 1. The predicted molar refractivity (Wildman–Crippen MR) is 87.6 cm³/mol. The van der Waals surface area contributed by atoms with Crippen molar-refractivity contribution in [1.82, 2.24) is 9.97 Å². The first-order valence-corrected chi connectivity index (χ1v) is 8.35. The number of carbonyl (C=O) groups excluding carboxylic acids is 2. The van der Waals surface area contributed by atoms with Gasteiger partial charge in [0.2, 0.25) is 11.8 Å². The smallest absolute Gasteiger partial charge is 0.257 e. The van der Waals surface area contributed by atoms with Crippen LogP contribution in [-0.2, 0) is 9.59 Å². The highest BCUT2D eigenvalue weighted by atomic mass is 32.2. The molecule has 130 valence electrons. The van der Waals surface area contributed by atoms with Crippen LogP contribution in [0.2, 0.25) is 0 Å². The van der Waals surface area contributed by atoms with Crippen LogP contribution in [0, 0.1) is 11.6 Å². The summed E-state index contributed by atoms with van der Waals surface area (Å²) in [5.41, 5.74) is -0.810. The van der Waals surface area contributed by atoms with E-state index >= 15 is 0 Å². The number of thioether (sulfide) groups is 1. The van der Waals surface area contributed by atoms with E-state index in [4.69, 9.17) is 0 Å². The Morgan fingerprint density at radius 1 is 1.36 bits per heavy atom. The van der Waals surface area contributed by atoms with Crippen molar-refractivity contribution in [3.63, 3.8) is 0 Å². The van der Waals surface area contributed by atoms with Gasteiger partial charge in [-0.05, 0) is 18.4 Å². The summed E-state index contributed by atoms with van der Waals surface area (Å²) in [6.45, 7) is 0. The lowest BCUT2D eigenvalue weighted by molar-refractivity contribution is -0.123. The fourth-order valence-electron chi connectivity index (χ4n) is 2.48. The fourth-order valence-corrected chi connectivity index (χ4v) is 2.86. The Morgan fingerprint density at radius 2 is 2.12 bits per heavy atom. The molecule has 7 nitrogen and oxygen atoms in total. The van der Waals surface area contributed by atoms with E-state index in [0.29, 0.717) is 6.07 Å². The number of hydrogen-bond donors (Lipinski definition) is 3. The number of rotatable bonds is 3. The Bertz CT molecular complexity index is 931. The maximum atomic E-state index is 13.7. The van der Waals surface area contributed by atoms with Crippen LogP contribution in [0.5, 0.6) is 0 Å². The van der Waals surface area contributed by atoms with Gasteiger partial charge in [0.25, 0.3) is 5.56 Å². The lowest BCUT2D eigenvalue weighted by Crippen LogP contribution is -2.36. The van der Waals surface area contributed by atoms with E-state index in [2.05, 4.69) is 20.6 Å². The van der Waals surface area contributed by atoms with Crippen LogP contribution in [0.25, 0.3) is 0 Å². The SMILES string of the molecule is CSc1nc2c(c(=O)[nH]1)[C@@H](C(=O)Nc1ccc(F)cc1F)CC(=O)N2. The Balaban J connectivity index is 1.96. The minimum absolute atomic E-state index is 0.00239. The summed E-state index contributed by atoms with van der Waals surface area (Å²) in [4.78, 5) is 43.2. The molecular weight excluding hydrogens is 354 g/mol. The van der Waals surface area contributed by atoms with Crippen LogP contribution in [0.15, 0.2) is 28.2 Å². The van der Waals surface area contributed by atoms with Gasteiger partial charge in [0, 0.05) is 12.5 Å². The number of nitrogens with zero attached hydrogens (tertiary/aromatic N) is 1. The highest BCUT2D eigenvalue weighted by molar-refractivity contribution is 7.98. The Hall–Kier alpha value is -2.75. The van der Waals surface area contributed by atoms with Gasteiger partial charge >= 0.3 is 0 Å². The number of nitrogens with one attached hydrogen (secondary N) is 3. The van der Waals surface area contributed by atoms with E-state index in [9.17, 15) is 23.2 Å². The molecule has 25 heavy (non-hydrogen) atoms. The van der Waals surface area contributed by atoms with E-state index < -0.39 is 34.9 Å². The molecule has 0 unspecified atom stereocenters. The van der Waals surface area contributed by atoms with Crippen LogP contribution < -0.4 is 16.2 Å². The third-order valence-corrected chi connectivity index (χ3v) is 4.21. The standard InChI is InChI=1S/C15H12F2N4O3S/c1-25-15-20-12-11(14(24)21-15)7(5-10(22)19-12)13(23)18-9-3-2-6(16)4-8(9)17/h2-4,7H,5H2,1H3,(H,18,23)(H2,19,20,21,22,24)/t7-/m0/s1. The Kier molecular flexibility index (Phi) is 4.53. The minimum Gasteiger partial charge on any atom is -0.323 e. The molecule has 0 saturated carbocycles. The Morgan fingerprint density at radius 3 is 2.80 bits per heavy atom. The third-order valence-electron chi connectivity index (χ3n) is 3.63. The maximum absolute atomic E-state index is 13.7. The molecule has 2 amide bonds. The average molecular weight is 366 g/mol. The summed E-state index contributed by atoms with van der Waals surface area (Å²) in [5.74, 6) is -4.13. The molecular formula is C15H12F2N4O3S. The second-order valence-electron chi connectivity index (χ2n) is 5.26. The van der Waals surface area contributed by atoms with Crippen molar-refractivity contribution >= 4 is 35.1 Å². The number of hydrogen-bond acceptors (Lipinski definition) is 5. The summed E-state index contributed by atoms with van der Waals surface area (Å²) < 4.78 is 26.7. The molecule has 1 atom stereocenters. The van der Waals surface area contributed by atoms with Crippen molar-refractivity contribution in [3.8, 4) is 0 Å². The summed E-state index contributed by atoms with van der Waals surface area (Å²) in [7, 11) is 0. The molecule has 2 aromatic rings. The molecule has 1 aliphatic heterocycles. The molecule has 3 rings (SSSR count). The van der Waals surface area contributed by atoms with Gasteiger partial charge in [-0.25, -0.2) is 13.8 Å². The molecule has 1 aromatic carbocycles. The lowest BCUT2D eigenvalue weighted by atomic mass is 9.92. The van der Waals surface area contributed by atoms with Crippen LogP contribution >= 0.6 is 11.8 Å². The minimum atomic E-state index is -1.14. The largest absolute Gasteiger partial charge is 0.323 e. The third kappa shape index (κ3) is 3.38. The van der Waals surface area contributed by atoms with E-state index in [-0.39, 0.29) is 28.6 Å². The van der Waals surface area contributed by atoms with Crippen LogP contribution in [-0.4, -0.2) is 28.0 Å². The first-order valence-electron chi connectivity index (χ1n) is 7.13. The van der Waals surface area contributed by atoms with Gasteiger partial charge in [-0.15, -0.1) is 0 Å². The number of fused-ring (bicyclic) bond motifs is 1. The second kappa shape index (κ2) is 6.63. The van der Waals surface area contributed by atoms with Gasteiger partial charge in [0.15, 0.2) is 5.16 Å². The number of aromatic nitrogens is 2. The van der Waals surface area contributed by atoms with Crippen molar-refractivity contribution < 1.29 is 18.4 Å². The molecule has 0 spiro atoms. The normalized spacial score (nSPS) is 16.1. The predicted octanol–water partition coefficient (Wildman–Crippen LogP) is 1.83. The lowest BCUT2D eigenvalue weighted by Gasteiger charge is -2.23. The zero-order valence-corrected chi connectivity index (χ0v) is 13.7. The first kappa shape index (κ1) is 17.1. The molecule has 10 heteroatoms. The highest BCUT2D eigenvalue weighted by Crippen LogP contribution is 2.30.